The summed E-state index contributed by atoms with van der Waals surface area (Å²) in [5, 5.41) is 0. The molecule has 2 nitrogen and oxygen atoms in total. The van der Waals surface area contributed by atoms with E-state index in [9.17, 15) is 0 Å². The van der Waals surface area contributed by atoms with Gasteiger partial charge in [-0.3, -0.25) is 0 Å². The highest BCUT2D eigenvalue weighted by Crippen LogP contribution is 2.29. The van der Waals surface area contributed by atoms with E-state index in [2.05, 4.69) is 37.3 Å². The molecule has 112 valence electrons. The lowest BCUT2D eigenvalue weighted by Gasteiger charge is -2.34. The van der Waals surface area contributed by atoms with Crippen molar-refractivity contribution in [3.05, 3.63) is 35.9 Å². The largest absolute Gasteiger partial charge is 0.377 e. The summed E-state index contributed by atoms with van der Waals surface area (Å²) in [6.07, 6.45) is 8.67. The molecule has 0 heterocycles. The zero-order valence-corrected chi connectivity index (χ0v) is 12.8. The first kappa shape index (κ1) is 15.5. The topological polar surface area (TPSA) is 35.2 Å². The first-order valence-electron chi connectivity index (χ1n) is 8.20. The Morgan fingerprint density at radius 2 is 2.00 bits per heavy atom. The van der Waals surface area contributed by atoms with Gasteiger partial charge in [0.15, 0.2) is 0 Å². The highest BCUT2D eigenvalue weighted by Gasteiger charge is 2.28. The molecule has 0 aromatic heterocycles. The molecule has 0 amide bonds. The van der Waals surface area contributed by atoms with Gasteiger partial charge < -0.3 is 10.5 Å². The number of aryl methyl sites for hydroxylation is 1. The standard InChI is InChI=1S/C18H29NO/c1-2-7-16-11-12-17(19)18(14-16)20-13-6-10-15-8-4-3-5-9-15/h3-5,8-9,16-18H,2,6-7,10-14,19H2,1H3. The van der Waals surface area contributed by atoms with Gasteiger partial charge in [0.25, 0.3) is 0 Å². The number of rotatable bonds is 7. The molecule has 0 bridgehead atoms. The van der Waals surface area contributed by atoms with E-state index in [1.165, 1.54) is 31.2 Å². The average molecular weight is 275 g/mol. The molecule has 2 rings (SSSR count). The zero-order valence-electron chi connectivity index (χ0n) is 12.8. The maximum absolute atomic E-state index is 6.21. The van der Waals surface area contributed by atoms with E-state index in [1.807, 2.05) is 0 Å². The lowest BCUT2D eigenvalue weighted by molar-refractivity contribution is -0.00238. The third-order valence-corrected chi connectivity index (χ3v) is 4.43. The molecule has 1 aliphatic carbocycles. The molecule has 0 aliphatic heterocycles. The van der Waals surface area contributed by atoms with E-state index in [1.54, 1.807) is 0 Å². The summed E-state index contributed by atoms with van der Waals surface area (Å²) in [4.78, 5) is 0. The number of ether oxygens (including phenoxy) is 1. The van der Waals surface area contributed by atoms with Gasteiger partial charge in [0.2, 0.25) is 0 Å². The van der Waals surface area contributed by atoms with Gasteiger partial charge >= 0.3 is 0 Å². The van der Waals surface area contributed by atoms with Crippen LogP contribution in [-0.4, -0.2) is 18.8 Å². The lowest BCUT2D eigenvalue weighted by atomic mass is 9.82. The quantitative estimate of drug-likeness (QED) is 0.765. The van der Waals surface area contributed by atoms with Crippen molar-refractivity contribution in [1.82, 2.24) is 0 Å². The third kappa shape index (κ3) is 4.92. The highest BCUT2D eigenvalue weighted by molar-refractivity contribution is 5.14. The van der Waals surface area contributed by atoms with Crippen LogP contribution >= 0.6 is 0 Å². The maximum atomic E-state index is 6.21. The molecule has 0 saturated heterocycles. The van der Waals surface area contributed by atoms with Crippen LogP contribution in [0.5, 0.6) is 0 Å². The van der Waals surface area contributed by atoms with Crippen molar-refractivity contribution in [2.45, 2.75) is 64.0 Å². The normalized spacial score (nSPS) is 26.6. The Kier molecular flexibility index (Phi) is 6.55. The van der Waals surface area contributed by atoms with Gasteiger partial charge in [0.1, 0.15) is 0 Å². The maximum Gasteiger partial charge on any atom is 0.0728 e. The van der Waals surface area contributed by atoms with Crippen LogP contribution in [-0.2, 0) is 11.2 Å². The first-order chi connectivity index (χ1) is 9.79. The Morgan fingerprint density at radius 3 is 2.75 bits per heavy atom. The predicted octanol–water partition coefficient (Wildman–Crippen LogP) is 3.93. The van der Waals surface area contributed by atoms with E-state index in [-0.39, 0.29) is 12.1 Å². The van der Waals surface area contributed by atoms with Gasteiger partial charge in [0.05, 0.1) is 6.10 Å². The number of benzene rings is 1. The number of nitrogens with two attached hydrogens (primary N) is 1. The molecule has 1 aliphatic rings. The van der Waals surface area contributed by atoms with E-state index in [4.69, 9.17) is 10.5 Å². The predicted molar refractivity (Wildman–Crippen MR) is 84.7 cm³/mol. The van der Waals surface area contributed by atoms with Crippen LogP contribution in [0.2, 0.25) is 0 Å². The molecule has 1 aromatic rings. The number of hydrogen-bond acceptors (Lipinski definition) is 2. The Labute approximate surface area is 123 Å². The van der Waals surface area contributed by atoms with Crippen molar-refractivity contribution in [1.29, 1.82) is 0 Å². The fourth-order valence-electron chi connectivity index (χ4n) is 3.25. The summed E-state index contributed by atoms with van der Waals surface area (Å²) in [5.74, 6) is 0.832. The fourth-order valence-corrected chi connectivity index (χ4v) is 3.25. The van der Waals surface area contributed by atoms with Crippen LogP contribution in [0.4, 0.5) is 0 Å². The molecule has 2 heteroatoms. The summed E-state index contributed by atoms with van der Waals surface area (Å²) in [7, 11) is 0. The summed E-state index contributed by atoms with van der Waals surface area (Å²) < 4.78 is 6.07. The van der Waals surface area contributed by atoms with Crippen LogP contribution < -0.4 is 5.73 Å². The van der Waals surface area contributed by atoms with Crippen molar-refractivity contribution < 1.29 is 4.74 Å². The molecular weight excluding hydrogens is 246 g/mol. The Balaban J connectivity index is 1.67. The molecule has 2 N–H and O–H groups in total. The first-order valence-corrected chi connectivity index (χ1v) is 8.20. The smallest absolute Gasteiger partial charge is 0.0728 e. The second-order valence-electron chi connectivity index (χ2n) is 6.13. The minimum absolute atomic E-state index is 0.250. The van der Waals surface area contributed by atoms with Crippen LogP contribution in [0.1, 0.15) is 51.0 Å². The van der Waals surface area contributed by atoms with Crippen LogP contribution in [0, 0.1) is 5.92 Å². The Hall–Kier alpha value is -0.860. The summed E-state index contributed by atoms with van der Waals surface area (Å²) in [6, 6.07) is 10.9. The minimum Gasteiger partial charge on any atom is -0.377 e. The van der Waals surface area contributed by atoms with Gasteiger partial charge in [-0.15, -0.1) is 0 Å². The molecule has 3 unspecified atom stereocenters. The second-order valence-corrected chi connectivity index (χ2v) is 6.13. The van der Waals surface area contributed by atoms with Crippen molar-refractivity contribution in [3.63, 3.8) is 0 Å². The second kappa shape index (κ2) is 8.43. The van der Waals surface area contributed by atoms with Gasteiger partial charge in [-0.25, -0.2) is 0 Å². The molecular formula is C18H29NO. The lowest BCUT2D eigenvalue weighted by Crippen LogP contribution is -2.42. The van der Waals surface area contributed by atoms with Crippen molar-refractivity contribution in [3.8, 4) is 0 Å². The van der Waals surface area contributed by atoms with Gasteiger partial charge in [0, 0.05) is 12.6 Å². The average Bonchev–Trinajstić information content (AvgIpc) is 2.48. The number of hydrogen-bond donors (Lipinski definition) is 1. The highest BCUT2D eigenvalue weighted by atomic mass is 16.5. The Morgan fingerprint density at radius 1 is 1.20 bits per heavy atom. The molecule has 1 fully saturated rings. The molecule has 1 aromatic carbocycles. The van der Waals surface area contributed by atoms with Gasteiger partial charge in [-0.2, -0.15) is 0 Å². The summed E-state index contributed by atoms with van der Waals surface area (Å²) in [5.41, 5.74) is 7.60. The summed E-state index contributed by atoms with van der Waals surface area (Å²) >= 11 is 0. The molecule has 3 atom stereocenters. The van der Waals surface area contributed by atoms with Crippen molar-refractivity contribution in [2.75, 3.05) is 6.61 Å². The molecule has 1 saturated carbocycles. The van der Waals surface area contributed by atoms with Gasteiger partial charge in [-0.1, -0.05) is 50.1 Å². The van der Waals surface area contributed by atoms with Crippen molar-refractivity contribution in [2.24, 2.45) is 11.7 Å². The molecule has 20 heavy (non-hydrogen) atoms. The fraction of sp³-hybridized carbons (Fsp3) is 0.667. The monoisotopic (exact) mass is 275 g/mol. The van der Waals surface area contributed by atoms with Crippen molar-refractivity contribution >= 4 is 0 Å². The van der Waals surface area contributed by atoms with E-state index < -0.39 is 0 Å². The minimum atomic E-state index is 0.250. The van der Waals surface area contributed by atoms with Crippen LogP contribution in [0.25, 0.3) is 0 Å². The third-order valence-electron chi connectivity index (χ3n) is 4.43. The molecule has 0 spiro atoms. The molecule has 0 radical (unpaired) electrons. The Bertz CT molecular complexity index is 365. The van der Waals surface area contributed by atoms with E-state index >= 15 is 0 Å². The summed E-state index contributed by atoms with van der Waals surface area (Å²) in [6.45, 7) is 3.11. The SMILES string of the molecule is CCCC1CCC(N)C(OCCCc2ccccc2)C1. The van der Waals surface area contributed by atoms with Crippen LogP contribution in [0.15, 0.2) is 30.3 Å². The van der Waals surface area contributed by atoms with E-state index in [0.717, 1.165) is 31.8 Å². The zero-order chi connectivity index (χ0) is 14.2. The van der Waals surface area contributed by atoms with Crippen LogP contribution in [0.3, 0.4) is 0 Å². The van der Waals surface area contributed by atoms with E-state index in [0.29, 0.717) is 0 Å². The van der Waals surface area contributed by atoms with Gasteiger partial charge in [-0.05, 0) is 43.6 Å².